The molecule has 2 nitrogen and oxygen atoms in total. The lowest BCUT2D eigenvalue weighted by atomic mass is 10.2. The van der Waals surface area contributed by atoms with Crippen molar-refractivity contribution >= 4 is 0 Å². The molecule has 3 atom stereocenters. The number of methoxy groups -OCH3 is 1. The number of rotatable bonds is 2. The zero-order chi connectivity index (χ0) is 7.56. The number of hydrogen-bond acceptors (Lipinski definition) is 1. The summed E-state index contributed by atoms with van der Waals surface area (Å²) in [6, 6.07) is 0.264. The number of alkyl halides is 1. The Bertz CT molecular complexity index is 110. The van der Waals surface area contributed by atoms with Crippen molar-refractivity contribution in [3.63, 3.8) is 0 Å². The van der Waals surface area contributed by atoms with Crippen molar-refractivity contribution in [1.82, 2.24) is 0 Å². The molecule has 0 aromatic heterocycles. The standard InChI is InChI=1S/C7H14FNO/c1-9-4-6(8)3-7(9)5-10-2/h6-7,9H,1,3-5H2,2H3/t6-,7-/m0/s1. The third-order valence-electron chi connectivity index (χ3n) is 1.97. The Morgan fingerprint density at radius 1 is 1.80 bits per heavy atom. The largest absolute Gasteiger partial charge is 0.461 e. The smallest absolute Gasteiger partial charge is 0.152 e. The highest BCUT2D eigenvalue weighted by Crippen LogP contribution is 2.04. The molecule has 1 saturated heterocycles. The van der Waals surface area contributed by atoms with Gasteiger partial charge in [-0.15, -0.1) is 0 Å². The lowest BCUT2D eigenvalue weighted by molar-refractivity contribution is -0.868. The normalized spacial score (nSPS) is 40.5. The maximum atomic E-state index is 12.6. The Kier molecular flexibility index (Phi) is 2.63. The van der Waals surface area contributed by atoms with Gasteiger partial charge in [0.25, 0.3) is 0 Å². The first-order chi connectivity index (χ1) is 4.74. The second kappa shape index (κ2) is 3.30. The minimum atomic E-state index is -0.673. The van der Waals surface area contributed by atoms with Gasteiger partial charge in [0.2, 0.25) is 0 Å². The quantitative estimate of drug-likeness (QED) is 0.516. The molecule has 0 radical (unpaired) electrons. The van der Waals surface area contributed by atoms with E-state index in [-0.39, 0.29) is 6.04 Å². The van der Waals surface area contributed by atoms with Crippen LogP contribution in [0.3, 0.4) is 0 Å². The van der Waals surface area contributed by atoms with Crippen LogP contribution in [-0.4, -0.2) is 32.5 Å². The number of quaternary nitrogens is 1. The summed E-state index contributed by atoms with van der Waals surface area (Å²) in [5, 5.41) is 0. The maximum absolute atomic E-state index is 12.6. The summed E-state index contributed by atoms with van der Waals surface area (Å²) >= 11 is 0. The van der Waals surface area contributed by atoms with E-state index in [4.69, 9.17) is 4.74 Å². The maximum Gasteiger partial charge on any atom is 0.152 e. The lowest BCUT2D eigenvalue weighted by Gasteiger charge is -2.21. The molecule has 1 N–H and O–H groups in total. The molecule has 0 aliphatic carbocycles. The molecule has 10 heavy (non-hydrogen) atoms. The molecular weight excluding hydrogens is 133 g/mol. The van der Waals surface area contributed by atoms with Gasteiger partial charge in [0.05, 0.1) is 19.2 Å². The van der Waals surface area contributed by atoms with Gasteiger partial charge in [-0.3, -0.25) is 0 Å². The van der Waals surface area contributed by atoms with Crippen molar-refractivity contribution in [3.8, 4) is 0 Å². The van der Waals surface area contributed by atoms with Gasteiger partial charge < -0.3 is 9.64 Å². The molecule has 0 amide bonds. The summed E-state index contributed by atoms with van der Waals surface area (Å²) in [5.74, 6) is 0. The molecule has 0 saturated carbocycles. The highest BCUT2D eigenvalue weighted by Gasteiger charge is 2.29. The predicted octanol–water partition coefficient (Wildman–Crippen LogP) is -0.580. The van der Waals surface area contributed by atoms with Gasteiger partial charge in [0, 0.05) is 13.5 Å². The molecule has 0 bridgehead atoms. The van der Waals surface area contributed by atoms with E-state index in [1.165, 1.54) is 0 Å². The fraction of sp³-hybridized carbons (Fsp3) is 0.857. The molecule has 60 valence electrons. The van der Waals surface area contributed by atoms with E-state index in [1.54, 1.807) is 7.11 Å². The second-order valence-corrected chi connectivity index (χ2v) is 2.85. The van der Waals surface area contributed by atoms with Crippen LogP contribution < -0.4 is 4.90 Å². The van der Waals surface area contributed by atoms with Crippen LogP contribution in [0.1, 0.15) is 6.42 Å². The van der Waals surface area contributed by atoms with Gasteiger partial charge >= 0.3 is 0 Å². The molecule has 1 heterocycles. The Morgan fingerprint density at radius 3 is 2.90 bits per heavy atom. The first-order valence-corrected chi connectivity index (χ1v) is 3.54. The third-order valence-corrected chi connectivity index (χ3v) is 1.97. The monoisotopic (exact) mass is 147 g/mol. The first-order valence-electron chi connectivity index (χ1n) is 3.54. The first kappa shape index (κ1) is 7.95. The van der Waals surface area contributed by atoms with E-state index in [1.807, 2.05) is 0 Å². The minimum absolute atomic E-state index is 0.264. The van der Waals surface area contributed by atoms with Crippen LogP contribution in [-0.2, 0) is 4.74 Å². The fourth-order valence-electron chi connectivity index (χ4n) is 1.40. The van der Waals surface area contributed by atoms with Crippen molar-refractivity contribution in [2.75, 3.05) is 20.3 Å². The van der Waals surface area contributed by atoms with Crippen LogP contribution >= 0.6 is 0 Å². The summed E-state index contributed by atoms with van der Waals surface area (Å²) in [6.45, 7) is 1.16. The molecule has 1 unspecified atom stereocenters. The average molecular weight is 147 g/mol. The molecule has 1 rings (SSSR count). The molecule has 1 aliphatic heterocycles. The lowest BCUT2D eigenvalue weighted by Crippen LogP contribution is -3.09. The van der Waals surface area contributed by atoms with Gasteiger partial charge in [-0.2, -0.15) is 7.05 Å². The molecule has 0 aromatic rings. The van der Waals surface area contributed by atoms with E-state index < -0.39 is 6.17 Å². The Balaban J connectivity index is 2.31. The SMILES string of the molecule is [CH2-][NH+]1C[C@@H](F)C[C@H]1COC. The van der Waals surface area contributed by atoms with Crippen LogP contribution in [0.5, 0.6) is 0 Å². The molecule has 0 aromatic carbocycles. The molecular formula is C7H14FNO. The van der Waals surface area contributed by atoms with Crippen molar-refractivity contribution in [1.29, 1.82) is 0 Å². The van der Waals surface area contributed by atoms with E-state index in [0.717, 1.165) is 4.90 Å². The zero-order valence-electron chi connectivity index (χ0n) is 6.27. The Labute approximate surface area is 61.0 Å². The van der Waals surface area contributed by atoms with Crippen LogP contribution in [0.15, 0.2) is 0 Å². The van der Waals surface area contributed by atoms with E-state index >= 15 is 0 Å². The van der Waals surface area contributed by atoms with Crippen LogP contribution in [0.4, 0.5) is 4.39 Å². The van der Waals surface area contributed by atoms with E-state index in [2.05, 4.69) is 7.05 Å². The van der Waals surface area contributed by atoms with Gasteiger partial charge in [0.15, 0.2) is 6.17 Å². The number of nitrogens with one attached hydrogen (secondary N) is 1. The Morgan fingerprint density at radius 2 is 2.50 bits per heavy atom. The van der Waals surface area contributed by atoms with Gasteiger partial charge in [-0.25, -0.2) is 4.39 Å². The molecule has 0 spiro atoms. The van der Waals surface area contributed by atoms with E-state index in [0.29, 0.717) is 19.6 Å². The summed E-state index contributed by atoms with van der Waals surface area (Å²) in [7, 11) is 5.42. The summed E-state index contributed by atoms with van der Waals surface area (Å²) in [4.78, 5) is 1.01. The summed E-state index contributed by atoms with van der Waals surface area (Å²) in [6.07, 6.45) is -0.0696. The number of likely N-dealkylation sites (tertiary alicyclic amines) is 1. The summed E-state index contributed by atoms with van der Waals surface area (Å²) in [5.41, 5.74) is 0. The molecule has 1 aliphatic rings. The second-order valence-electron chi connectivity index (χ2n) is 2.85. The van der Waals surface area contributed by atoms with Gasteiger partial charge in [-0.1, -0.05) is 0 Å². The predicted molar refractivity (Wildman–Crippen MR) is 36.4 cm³/mol. The van der Waals surface area contributed by atoms with Gasteiger partial charge in [-0.05, 0) is 0 Å². The fourth-order valence-corrected chi connectivity index (χ4v) is 1.40. The highest BCUT2D eigenvalue weighted by atomic mass is 19.1. The van der Waals surface area contributed by atoms with Crippen molar-refractivity contribution < 1.29 is 14.0 Å². The number of ether oxygens (including phenoxy) is 1. The third kappa shape index (κ3) is 1.67. The van der Waals surface area contributed by atoms with Crippen LogP contribution in [0, 0.1) is 7.05 Å². The zero-order valence-corrected chi connectivity index (χ0v) is 6.27. The number of halogens is 1. The minimum Gasteiger partial charge on any atom is -0.461 e. The average Bonchev–Trinajstić information content (AvgIpc) is 2.13. The summed E-state index contributed by atoms with van der Waals surface area (Å²) < 4.78 is 17.5. The van der Waals surface area contributed by atoms with Crippen molar-refractivity contribution in [2.24, 2.45) is 0 Å². The van der Waals surface area contributed by atoms with E-state index in [9.17, 15) is 4.39 Å². The molecule has 3 heteroatoms. The number of hydrogen-bond donors (Lipinski definition) is 1. The Hall–Kier alpha value is -0.150. The van der Waals surface area contributed by atoms with Crippen molar-refractivity contribution in [3.05, 3.63) is 7.05 Å². The van der Waals surface area contributed by atoms with Crippen LogP contribution in [0.2, 0.25) is 0 Å². The van der Waals surface area contributed by atoms with Crippen molar-refractivity contribution in [2.45, 2.75) is 18.6 Å². The topological polar surface area (TPSA) is 13.7 Å². The highest BCUT2D eigenvalue weighted by molar-refractivity contribution is 4.69. The van der Waals surface area contributed by atoms with Crippen LogP contribution in [0.25, 0.3) is 0 Å². The van der Waals surface area contributed by atoms with Gasteiger partial charge in [0.1, 0.15) is 0 Å². The molecule has 1 fully saturated rings.